The van der Waals surface area contributed by atoms with Crippen LogP contribution >= 0.6 is 0 Å². The zero-order valence-electron chi connectivity index (χ0n) is 16.2. The van der Waals surface area contributed by atoms with Gasteiger partial charge in [0.1, 0.15) is 5.75 Å². The Kier molecular flexibility index (Phi) is 5.70. The Balaban J connectivity index is 1.38. The van der Waals surface area contributed by atoms with Crippen LogP contribution in [0, 0.1) is 0 Å². The highest BCUT2D eigenvalue weighted by molar-refractivity contribution is 5.97. The SMILES string of the molecule is O=C(NC1CCN(c2ncccn2)CC1)c1cc(Cc2ccccc2)ccc1O. The Labute approximate surface area is 170 Å². The highest BCUT2D eigenvalue weighted by Crippen LogP contribution is 2.22. The molecule has 3 aromatic rings. The van der Waals surface area contributed by atoms with Crippen LogP contribution in [0.1, 0.15) is 34.3 Å². The molecule has 1 amide bonds. The number of piperidine rings is 1. The number of nitrogens with zero attached hydrogens (tertiary/aromatic N) is 3. The molecule has 1 aromatic heterocycles. The van der Waals surface area contributed by atoms with Crippen LogP contribution in [0.3, 0.4) is 0 Å². The molecule has 2 N–H and O–H groups in total. The maximum absolute atomic E-state index is 12.8. The number of phenolic OH excluding ortho intramolecular Hbond substituents is 1. The molecule has 0 atom stereocenters. The van der Waals surface area contributed by atoms with Crippen molar-refractivity contribution in [3.8, 4) is 5.75 Å². The minimum Gasteiger partial charge on any atom is -0.507 e. The van der Waals surface area contributed by atoms with Crippen LogP contribution in [0.5, 0.6) is 5.75 Å². The Morgan fingerprint density at radius 1 is 1.00 bits per heavy atom. The van der Waals surface area contributed by atoms with Gasteiger partial charge in [-0.1, -0.05) is 36.4 Å². The summed E-state index contributed by atoms with van der Waals surface area (Å²) in [5.74, 6) is 0.504. The van der Waals surface area contributed by atoms with Gasteiger partial charge < -0.3 is 15.3 Å². The van der Waals surface area contributed by atoms with Crippen LogP contribution in [-0.2, 0) is 6.42 Å². The Morgan fingerprint density at radius 2 is 1.72 bits per heavy atom. The lowest BCUT2D eigenvalue weighted by Gasteiger charge is -2.32. The van der Waals surface area contributed by atoms with Gasteiger partial charge in [-0.25, -0.2) is 9.97 Å². The van der Waals surface area contributed by atoms with Crippen LogP contribution in [0.2, 0.25) is 0 Å². The summed E-state index contributed by atoms with van der Waals surface area (Å²) in [4.78, 5) is 23.5. The van der Waals surface area contributed by atoms with Gasteiger partial charge >= 0.3 is 0 Å². The number of amides is 1. The van der Waals surface area contributed by atoms with E-state index in [0.29, 0.717) is 5.56 Å². The van der Waals surface area contributed by atoms with Crippen molar-refractivity contribution in [3.05, 3.63) is 83.7 Å². The molecule has 2 heterocycles. The molecule has 0 unspecified atom stereocenters. The molecule has 6 nitrogen and oxygen atoms in total. The first-order chi connectivity index (χ1) is 14.2. The van der Waals surface area contributed by atoms with Crippen molar-refractivity contribution in [2.45, 2.75) is 25.3 Å². The monoisotopic (exact) mass is 388 g/mol. The zero-order valence-corrected chi connectivity index (χ0v) is 16.2. The average Bonchev–Trinajstić information content (AvgIpc) is 2.77. The summed E-state index contributed by atoms with van der Waals surface area (Å²) < 4.78 is 0. The second kappa shape index (κ2) is 8.73. The lowest BCUT2D eigenvalue weighted by Crippen LogP contribution is -2.45. The fourth-order valence-corrected chi connectivity index (χ4v) is 3.65. The first-order valence-corrected chi connectivity index (χ1v) is 9.88. The molecule has 4 rings (SSSR count). The molecule has 2 aromatic carbocycles. The van der Waals surface area contributed by atoms with Crippen LogP contribution in [-0.4, -0.2) is 40.1 Å². The third-order valence-corrected chi connectivity index (χ3v) is 5.22. The van der Waals surface area contributed by atoms with E-state index in [4.69, 9.17) is 0 Å². The van der Waals surface area contributed by atoms with Gasteiger partial charge in [0.2, 0.25) is 5.95 Å². The van der Waals surface area contributed by atoms with Crippen molar-refractivity contribution in [1.82, 2.24) is 15.3 Å². The van der Waals surface area contributed by atoms with Gasteiger partial charge in [0.05, 0.1) is 5.56 Å². The average molecular weight is 388 g/mol. The molecule has 148 valence electrons. The number of hydrogen-bond donors (Lipinski definition) is 2. The van der Waals surface area contributed by atoms with E-state index in [2.05, 4.69) is 32.3 Å². The van der Waals surface area contributed by atoms with E-state index in [1.54, 1.807) is 30.6 Å². The number of phenols is 1. The summed E-state index contributed by atoms with van der Waals surface area (Å²) in [6.07, 6.45) is 5.82. The molecule has 0 saturated carbocycles. The number of aromatic hydroxyl groups is 1. The van der Waals surface area contributed by atoms with E-state index in [1.807, 2.05) is 24.3 Å². The molecule has 0 aliphatic carbocycles. The van der Waals surface area contributed by atoms with E-state index in [1.165, 1.54) is 5.56 Å². The first kappa shape index (κ1) is 18.9. The predicted octanol–water partition coefficient (Wildman–Crippen LogP) is 3.17. The number of rotatable bonds is 5. The second-order valence-electron chi connectivity index (χ2n) is 7.30. The third-order valence-electron chi connectivity index (χ3n) is 5.22. The Morgan fingerprint density at radius 3 is 2.45 bits per heavy atom. The summed E-state index contributed by atoms with van der Waals surface area (Å²) >= 11 is 0. The van der Waals surface area contributed by atoms with Crippen LogP contribution in [0.15, 0.2) is 67.0 Å². The lowest BCUT2D eigenvalue weighted by atomic mass is 10.0. The minimum absolute atomic E-state index is 0.00873. The van der Waals surface area contributed by atoms with E-state index in [0.717, 1.165) is 43.9 Å². The van der Waals surface area contributed by atoms with Crippen molar-refractivity contribution >= 4 is 11.9 Å². The zero-order chi connectivity index (χ0) is 20.1. The number of aromatic nitrogens is 2. The minimum atomic E-state index is -0.230. The topological polar surface area (TPSA) is 78.4 Å². The van der Waals surface area contributed by atoms with Crippen molar-refractivity contribution in [1.29, 1.82) is 0 Å². The molecular weight excluding hydrogens is 364 g/mol. The van der Waals surface area contributed by atoms with E-state index in [9.17, 15) is 9.90 Å². The lowest BCUT2D eigenvalue weighted by molar-refractivity contribution is 0.0928. The van der Waals surface area contributed by atoms with E-state index in [-0.39, 0.29) is 17.7 Å². The van der Waals surface area contributed by atoms with Gasteiger partial charge in [0, 0.05) is 31.5 Å². The number of nitrogens with one attached hydrogen (secondary N) is 1. The van der Waals surface area contributed by atoms with Gasteiger partial charge in [-0.2, -0.15) is 0 Å². The number of carbonyl (C=O) groups is 1. The number of anilines is 1. The Bertz CT molecular complexity index is 955. The summed E-state index contributed by atoms with van der Waals surface area (Å²) in [6.45, 7) is 1.57. The molecule has 0 bridgehead atoms. The molecule has 1 aliphatic heterocycles. The fourth-order valence-electron chi connectivity index (χ4n) is 3.65. The second-order valence-corrected chi connectivity index (χ2v) is 7.30. The maximum Gasteiger partial charge on any atom is 0.255 e. The number of benzene rings is 2. The van der Waals surface area contributed by atoms with Crippen LogP contribution < -0.4 is 10.2 Å². The van der Waals surface area contributed by atoms with Crippen LogP contribution in [0.25, 0.3) is 0 Å². The van der Waals surface area contributed by atoms with Gasteiger partial charge in [-0.15, -0.1) is 0 Å². The van der Waals surface area contributed by atoms with Crippen molar-refractivity contribution < 1.29 is 9.90 Å². The quantitative estimate of drug-likeness (QED) is 0.702. The Hall–Kier alpha value is -3.41. The van der Waals surface area contributed by atoms with Crippen LogP contribution in [0.4, 0.5) is 5.95 Å². The summed E-state index contributed by atoms with van der Waals surface area (Å²) in [5, 5.41) is 13.3. The normalized spacial score (nSPS) is 14.6. The first-order valence-electron chi connectivity index (χ1n) is 9.88. The molecular formula is C23H24N4O2. The largest absolute Gasteiger partial charge is 0.507 e. The number of carbonyl (C=O) groups excluding carboxylic acids is 1. The highest BCUT2D eigenvalue weighted by Gasteiger charge is 2.23. The summed E-state index contributed by atoms with van der Waals surface area (Å²) in [5.41, 5.74) is 2.49. The maximum atomic E-state index is 12.8. The van der Waals surface area contributed by atoms with Gasteiger partial charge in [0.25, 0.3) is 5.91 Å². The van der Waals surface area contributed by atoms with E-state index < -0.39 is 0 Å². The van der Waals surface area contributed by atoms with Crippen molar-refractivity contribution in [2.24, 2.45) is 0 Å². The molecule has 1 fully saturated rings. The van der Waals surface area contributed by atoms with E-state index >= 15 is 0 Å². The number of hydrogen-bond acceptors (Lipinski definition) is 5. The summed E-state index contributed by atoms with van der Waals surface area (Å²) in [7, 11) is 0. The van der Waals surface area contributed by atoms with Crippen molar-refractivity contribution in [3.63, 3.8) is 0 Å². The summed E-state index contributed by atoms with van der Waals surface area (Å²) in [6, 6.07) is 17.2. The van der Waals surface area contributed by atoms with Crippen molar-refractivity contribution in [2.75, 3.05) is 18.0 Å². The molecule has 29 heavy (non-hydrogen) atoms. The molecule has 0 spiro atoms. The molecule has 1 aliphatic rings. The molecule has 0 radical (unpaired) electrons. The molecule has 6 heteroatoms. The highest BCUT2D eigenvalue weighted by atomic mass is 16.3. The fraction of sp³-hybridized carbons (Fsp3) is 0.261. The van der Waals surface area contributed by atoms with Gasteiger partial charge in [-0.05, 0) is 48.6 Å². The smallest absolute Gasteiger partial charge is 0.255 e. The standard InChI is InChI=1S/C23H24N4O2/c28-21-8-7-18(15-17-5-2-1-3-6-17)16-20(21)22(29)26-19-9-13-27(14-10-19)23-24-11-4-12-25-23/h1-8,11-12,16,19,28H,9-10,13-15H2,(H,26,29). The van der Waals surface area contributed by atoms with Gasteiger partial charge in [0.15, 0.2) is 0 Å². The predicted molar refractivity (Wildman–Crippen MR) is 112 cm³/mol. The third kappa shape index (κ3) is 4.71. The molecule has 1 saturated heterocycles. The van der Waals surface area contributed by atoms with Gasteiger partial charge in [-0.3, -0.25) is 4.79 Å².